The largest absolute Gasteiger partial charge is 0.508 e. The van der Waals surface area contributed by atoms with E-state index in [0.29, 0.717) is 18.7 Å². The Morgan fingerprint density at radius 3 is 2.48 bits per heavy atom. The average molecular weight is 372 g/mol. The summed E-state index contributed by atoms with van der Waals surface area (Å²) >= 11 is 0. The number of halogens is 3. The van der Waals surface area contributed by atoms with E-state index >= 15 is 0 Å². The zero-order valence-corrected chi connectivity index (χ0v) is 14.5. The Morgan fingerprint density at radius 2 is 1.74 bits per heavy atom. The van der Waals surface area contributed by atoms with Crippen molar-refractivity contribution in [3.8, 4) is 5.75 Å². The van der Waals surface area contributed by atoms with Gasteiger partial charge in [0.2, 0.25) is 0 Å². The van der Waals surface area contributed by atoms with Crippen LogP contribution >= 0.6 is 0 Å². The van der Waals surface area contributed by atoms with Crippen molar-refractivity contribution in [3.05, 3.63) is 89.2 Å². The summed E-state index contributed by atoms with van der Waals surface area (Å²) in [5.41, 5.74) is 1.83. The third-order valence-corrected chi connectivity index (χ3v) is 4.94. The number of rotatable bonds is 3. The number of phenolic OH excluding ortho intramolecular Hbond substituents is 1. The topological polar surface area (TPSA) is 28.4 Å². The van der Waals surface area contributed by atoms with Gasteiger partial charge in [-0.3, -0.25) is 4.90 Å². The van der Waals surface area contributed by atoms with Gasteiger partial charge in [-0.1, -0.05) is 30.3 Å². The van der Waals surface area contributed by atoms with E-state index < -0.39 is 11.7 Å². The van der Waals surface area contributed by atoms with Crippen molar-refractivity contribution in [2.24, 2.45) is 0 Å². The van der Waals surface area contributed by atoms with E-state index in [4.69, 9.17) is 0 Å². The minimum Gasteiger partial charge on any atom is -0.508 e. The van der Waals surface area contributed by atoms with Gasteiger partial charge in [-0.25, -0.2) is 0 Å². The molecule has 3 aromatic rings. The second-order valence-electron chi connectivity index (χ2n) is 6.80. The lowest BCUT2D eigenvalue weighted by atomic mass is 9.99. The Hall–Kier alpha value is -2.73. The first-order chi connectivity index (χ1) is 12.9. The molecule has 1 aromatic heterocycles. The fraction of sp³-hybridized carbons (Fsp3) is 0.238. The number of aromatic hydroxyl groups is 1. The highest BCUT2D eigenvalue weighted by Crippen LogP contribution is 2.36. The highest BCUT2D eigenvalue weighted by atomic mass is 19.4. The van der Waals surface area contributed by atoms with Crippen LogP contribution in [0.25, 0.3) is 0 Å². The van der Waals surface area contributed by atoms with Crippen LogP contribution in [0.15, 0.2) is 66.9 Å². The van der Waals surface area contributed by atoms with Gasteiger partial charge in [-0.2, -0.15) is 13.2 Å². The molecule has 1 atom stereocenters. The standard InChI is InChI=1S/C21H19F3N2O/c22-21(23,24)17-11-15(12-18(27)13-17)14-26-10-9-25-8-4-7-19(25)20(26)16-5-2-1-3-6-16/h1-8,11-13,20,27H,9-10,14H2. The molecule has 0 amide bonds. The van der Waals surface area contributed by atoms with Gasteiger partial charge >= 0.3 is 6.18 Å². The number of nitrogens with zero attached hydrogens (tertiary/aromatic N) is 2. The summed E-state index contributed by atoms with van der Waals surface area (Å²) in [7, 11) is 0. The maximum absolute atomic E-state index is 13.1. The Labute approximate surface area is 155 Å². The Morgan fingerprint density at radius 1 is 0.963 bits per heavy atom. The lowest BCUT2D eigenvalue weighted by molar-refractivity contribution is -0.137. The molecular weight excluding hydrogens is 353 g/mol. The molecule has 0 radical (unpaired) electrons. The van der Waals surface area contributed by atoms with Crippen molar-refractivity contribution in [1.82, 2.24) is 9.47 Å². The number of hydrogen-bond donors (Lipinski definition) is 1. The smallest absolute Gasteiger partial charge is 0.416 e. The second-order valence-corrected chi connectivity index (χ2v) is 6.80. The Balaban J connectivity index is 1.70. The summed E-state index contributed by atoms with van der Waals surface area (Å²) in [6.45, 7) is 1.80. The molecule has 140 valence electrons. The van der Waals surface area contributed by atoms with Crippen LogP contribution in [0, 0.1) is 0 Å². The lowest BCUT2D eigenvalue weighted by Gasteiger charge is -2.37. The zero-order valence-electron chi connectivity index (χ0n) is 14.5. The molecule has 2 aromatic carbocycles. The quantitative estimate of drug-likeness (QED) is 0.714. The molecule has 4 rings (SSSR count). The third-order valence-electron chi connectivity index (χ3n) is 4.94. The van der Waals surface area contributed by atoms with Gasteiger partial charge in [-0.05, 0) is 41.5 Å². The van der Waals surface area contributed by atoms with Crippen LogP contribution in [0.4, 0.5) is 13.2 Å². The molecule has 2 heterocycles. The third kappa shape index (κ3) is 3.57. The van der Waals surface area contributed by atoms with Crippen LogP contribution in [0.1, 0.15) is 28.4 Å². The van der Waals surface area contributed by atoms with Crippen molar-refractivity contribution < 1.29 is 18.3 Å². The molecule has 0 spiro atoms. The molecule has 0 aliphatic carbocycles. The zero-order chi connectivity index (χ0) is 19.0. The van der Waals surface area contributed by atoms with E-state index in [0.717, 1.165) is 29.9 Å². The molecular formula is C21H19F3N2O. The molecule has 3 nitrogen and oxygen atoms in total. The molecule has 0 saturated heterocycles. The summed E-state index contributed by atoms with van der Waals surface area (Å²) in [6.07, 6.45) is -2.46. The molecule has 6 heteroatoms. The van der Waals surface area contributed by atoms with Gasteiger partial charge in [0.15, 0.2) is 0 Å². The number of hydrogen-bond acceptors (Lipinski definition) is 2. The summed E-state index contributed by atoms with van der Waals surface area (Å²) < 4.78 is 41.5. The van der Waals surface area contributed by atoms with Gasteiger partial charge in [0.05, 0.1) is 11.6 Å². The maximum Gasteiger partial charge on any atom is 0.416 e. The molecule has 1 N–H and O–H groups in total. The Bertz CT molecular complexity index is 934. The van der Waals surface area contributed by atoms with E-state index in [1.54, 1.807) is 0 Å². The lowest BCUT2D eigenvalue weighted by Crippen LogP contribution is -2.37. The monoisotopic (exact) mass is 372 g/mol. The fourth-order valence-corrected chi connectivity index (χ4v) is 3.78. The number of alkyl halides is 3. The summed E-state index contributed by atoms with van der Waals surface area (Å²) in [5.74, 6) is -0.364. The number of fused-ring (bicyclic) bond motifs is 1. The second kappa shape index (κ2) is 6.78. The van der Waals surface area contributed by atoms with Crippen LogP contribution < -0.4 is 0 Å². The van der Waals surface area contributed by atoms with E-state index in [9.17, 15) is 18.3 Å². The van der Waals surface area contributed by atoms with Crippen LogP contribution in [0.5, 0.6) is 5.75 Å². The minimum absolute atomic E-state index is 0.0494. The van der Waals surface area contributed by atoms with Crippen molar-refractivity contribution in [2.45, 2.75) is 25.3 Å². The van der Waals surface area contributed by atoms with Crippen LogP contribution in [-0.2, 0) is 19.3 Å². The molecule has 0 fully saturated rings. The highest BCUT2D eigenvalue weighted by molar-refractivity contribution is 5.36. The van der Waals surface area contributed by atoms with Crippen molar-refractivity contribution in [3.63, 3.8) is 0 Å². The maximum atomic E-state index is 13.1. The van der Waals surface area contributed by atoms with Gasteiger partial charge in [0, 0.05) is 31.5 Å². The predicted molar refractivity (Wildman–Crippen MR) is 96.2 cm³/mol. The van der Waals surface area contributed by atoms with Crippen molar-refractivity contribution in [2.75, 3.05) is 6.54 Å². The first kappa shape index (κ1) is 17.7. The summed E-state index contributed by atoms with van der Waals surface area (Å²) in [5, 5.41) is 9.77. The van der Waals surface area contributed by atoms with E-state index in [-0.39, 0.29) is 11.8 Å². The van der Waals surface area contributed by atoms with Crippen LogP contribution in [0.2, 0.25) is 0 Å². The molecule has 1 aliphatic heterocycles. The summed E-state index contributed by atoms with van der Waals surface area (Å²) in [6, 6.07) is 17.2. The number of aromatic nitrogens is 1. The van der Waals surface area contributed by atoms with E-state index in [1.165, 1.54) is 6.07 Å². The fourth-order valence-electron chi connectivity index (χ4n) is 3.78. The van der Waals surface area contributed by atoms with Crippen LogP contribution in [0.3, 0.4) is 0 Å². The normalized spacial score (nSPS) is 17.7. The van der Waals surface area contributed by atoms with Gasteiger partial charge in [0.25, 0.3) is 0 Å². The van der Waals surface area contributed by atoms with Gasteiger partial charge in [-0.15, -0.1) is 0 Å². The minimum atomic E-state index is -4.48. The summed E-state index contributed by atoms with van der Waals surface area (Å²) in [4.78, 5) is 2.15. The van der Waals surface area contributed by atoms with Crippen LogP contribution in [-0.4, -0.2) is 21.1 Å². The van der Waals surface area contributed by atoms with E-state index in [2.05, 4.69) is 9.47 Å². The number of phenols is 1. The van der Waals surface area contributed by atoms with Gasteiger partial charge in [0.1, 0.15) is 5.75 Å². The van der Waals surface area contributed by atoms with Crippen molar-refractivity contribution >= 4 is 0 Å². The molecule has 1 unspecified atom stereocenters. The molecule has 0 saturated carbocycles. The SMILES string of the molecule is Oc1cc(CN2CCn3cccc3C2c2ccccc2)cc(C(F)(F)F)c1. The average Bonchev–Trinajstić information content (AvgIpc) is 3.10. The van der Waals surface area contributed by atoms with Crippen molar-refractivity contribution in [1.29, 1.82) is 0 Å². The Kier molecular flexibility index (Phi) is 4.44. The molecule has 27 heavy (non-hydrogen) atoms. The van der Waals surface area contributed by atoms with E-state index in [1.807, 2.05) is 48.7 Å². The first-order valence-electron chi connectivity index (χ1n) is 8.76. The first-order valence-corrected chi connectivity index (χ1v) is 8.76. The molecule has 1 aliphatic rings. The molecule has 0 bridgehead atoms. The predicted octanol–water partition coefficient (Wildman–Crippen LogP) is 4.82. The highest BCUT2D eigenvalue weighted by Gasteiger charge is 2.32. The van der Waals surface area contributed by atoms with Gasteiger partial charge < -0.3 is 9.67 Å². The number of benzene rings is 2.